The Morgan fingerprint density at radius 2 is 1.84 bits per heavy atom. The minimum absolute atomic E-state index is 0.0254. The third-order valence-corrected chi connectivity index (χ3v) is 4.82. The number of allylic oxidation sites excluding steroid dienone is 2. The molecule has 136 valence electrons. The molecular formula is C20H28N2O3. The predicted molar refractivity (Wildman–Crippen MR) is 99.5 cm³/mol. The van der Waals surface area contributed by atoms with Gasteiger partial charge in [0.25, 0.3) is 0 Å². The summed E-state index contributed by atoms with van der Waals surface area (Å²) in [4.78, 5) is 26.4. The van der Waals surface area contributed by atoms with E-state index >= 15 is 0 Å². The lowest BCUT2D eigenvalue weighted by atomic mass is 10.1. The molecular weight excluding hydrogens is 316 g/mol. The molecule has 2 atom stereocenters. The average Bonchev–Trinajstić information content (AvgIpc) is 3.06. The van der Waals surface area contributed by atoms with E-state index < -0.39 is 0 Å². The maximum Gasteiger partial charge on any atom is 0.243 e. The Balaban J connectivity index is 1.92. The van der Waals surface area contributed by atoms with Crippen molar-refractivity contribution >= 4 is 17.5 Å². The molecule has 1 saturated carbocycles. The zero-order valence-corrected chi connectivity index (χ0v) is 15.9. The van der Waals surface area contributed by atoms with Crippen molar-refractivity contribution in [2.24, 2.45) is 17.3 Å². The highest BCUT2D eigenvalue weighted by Crippen LogP contribution is 2.59. The van der Waals surface area contributed by atoms with Crippen molar-refractivity contribution < 1.29 is 14.3 Å². The second kappa shape index (κ2) is 7.30. The fourth-order valence-corrected chi connectivity index (χ4v) is 3.23. The molecule has 25 heavy (non-hydrogen) atoms. The molecule has 0 radical (unpaired) electrons. The molecule has 1 fully saturated rings. The molecule has 5 nitrogen and oxygen atoms in total. The Labute approximate surface area is 150 Å². The largest absolute Gasteiger partial charge is 0.497 e. The lowest BCUT2D eigenvalue weighted by Crippen LogP contribution is -2.36. The number of nitrogens with one attached hydrogen (secondary N) is 1. The number of benzene rings is 1. The van der Waals surface area contributed by atoms with Gasteiger partial charge in [-0.2, -0.15) is 0 Å². The maximum absolute atomic E-state index is 12.7. The summed E-state index contributed by atoms with van der Waals surface area (Å²) in [5, 5.41) is 2.80. The van der Waals surface area contributed by atoms with Crippen LogP contribution in [0.1, 0.15) is 27.7 Å². The topological polar surface area (TPSA) is 58.6 Å². The van der Waals surface area contributed by atoms with E-state index in [9.17, 15) is 9.59 Å². The number of carbonyl (C=O) groups is 2. The van der Waals surface area contributed by atoms with Crippen LogP contribution < -0.4 is 10.1 Å². The SMILES string of the molecule is COc1ccc(NC(=O)CN(C)C(=O)[C@@H]2[C@H](C=C(C)C)C2(C)C)cc1. The van der Waals surface area contributed by atoms with E-state index in [1.165, 1.54) is 10.5 Å². The summed E-state index contributed by atoms with van der Waals surface area (Å²) in [6.45, 7) is 8.33. The van der Waals surface area contributed by atoms with Gasteiger partial charge < -0.3 is 15.0 Å². The summed E-state index contributed by atoms with van der Waals surface area (Å²) in [5.74, 6) is 0.737. The van der Waals surface area contributed by atoms with Crippen LogP contribution in [-0.2, 0) is 9.59 Å². The summed E-state index contributed by atoms with van der Waals surface area (Å²) in [7, 11) is 3.28. The minimum Gasteiger partial charge on any atom is -0.497 e. The first kappa shape index (κ1) is 19.0. The highest BCUT2D eigenvalue weighted by atomic mass is 16.5. The van der Waals surface area contributed by atoms with Gasteiger partial charge in [0.1, 0.15) is 5.75 Å². The highest BCUT2D eigenvalue weighted by molar-refractivity contribution is 5.95. The normalized spacial score (nSPS) is 20.4. The number of rotatable bonds is 6. The fourth-order valence-electron chi connectivity index (χ4n) is 3.23. The van der Waals surface area contributed by atoms with Crippen molar-refractivity contribution in [3.8, 4) is 5.75 Å². The van der Waals surface area contributed by atoms with E-state index in [1.54, 1.807) is 38.4 Å². The number of methoxy groups -OCH3 is 1. The minimum atomic E-state index is -0.210. The number of amides is 2. The molecule has 1 aromatic rings. The van der Waals surface area contributed by atoms with Crippen LogP contribution in [-0.4, -0.2) is 37.4 Å². The summed E-state index contributed by atoms with van der Waals surface area (Å²) < 4.78 is 5.09. The quantitative estimate of drug-likeness (QED) is 0.805. The van der Waals surface area contributed by atoms with Crippen molar-refractivity contribution in [1.82, 2.24) is 4.90 Å². The Morgan fingerprint density at radius 3 is 2.36 bits per heavy atom. The van der Waals surface area contributed by atoms with Gasteiger partial charge in [-0.05, 0) is 49.4 Å². The van der Waals surface area contributed by atoms with Gasteiger partial charge in [-0.1, -0.05) is 25.5 Å². The van der Waals surface area contributed by atoms with Crippen molar-refractivity contribution in [3.05, 3.63) is 35.9 Å². The monoisotopic (exact) mass is 344 g/mol. The predicted octanol–water partition coefficient (Wildman–Crippen LogP) is 3.33. The first-order valence-corrected chi connectivity index (χ1v) is 8.50. The van der Waals surface area contributed by atoms with Gasteiger partial charge in [0, 0.05) is 12.7 Å². The van der Waals surface area contributed by atoms with Gasteiger partial charge in [0.15, 0.2) is 0 Å². The fraction of sp³-hybridized carbons (Fsp3) is 0.500. The van der Waals surface area contributed by atoms with Crippen LogP contribution in [0, 0.1) is 17.3 Å². The lowest BCUT2D eigenvalue weighted by Gasteiger charge is -2.17. The van der Waals surface area contributed by atoms with Gasteiger partial charge in [-0.25, -0.2) is 0 Å². The molecule has 2 amide bonds. The third kappa shape index (κ3) is 4.41. The zero-order valence-electron chi connectivity index (χ0n) is 15.9. The zero-order chi connectivity index (χ0) is 18.8. The first-order chi connectivity index (χ1) is 11.7. The molecule has 1 aliphatic rings. The highest BCUT2D eigenvalue weighted by Gasteiger charge is 2.60. The number of ether oxygens (including phenoxy) is 1. The van der Waals surface area contributed by atoms with Gasteiger partial charge >= 0.3 is 0 Å². The molecule has 0 unspecified atom stereocenters. The van der Waals surface area contributed by atoms with Crippen LogP contribution in [0.3, 0.4) is 0 Å². The number of likely N-dealkylation sites (N-methyl/N-ethyl adjacent to an activating group) is 1. The van der Waals surface area contributed by atoms with Crippen molar-refractivity contribution in [1.29, 1.82) is 0 Å². The number of anilines is 1. The van der Waals surface area contributed by atoms with Crippen LogP contribution in [0.4, 0.5) is 5.69 Å². The standard InChI is InChI=1S/C20H28N2O3/c1-13(2)11-16-18(20(16,3)4)19(24)22(5)12-17(23)21-14-7-9-15(25-6)10-8-14/h7-11,16,18H,12H2,1-6H3,(H,21,23)/t16-,18-/m0/s1. The number of nitrogens with zero attached hydrogens (tertiary/aromatic N) is 1. The Bertz CT molecular complexity index is 673. The van der Waals surface area contributed by atoms with E-state index in [0.29, 0.717) is 5.69 Å². The molecule has 1 aliphatic carbocycles. The van der Waals surface area contributed by atoms with Crippen molar-refractivity contribution in [3.63, 3.8) is 0 Å². The molecule has 0 aromatic heterocycles. The number of carbonyl (C=O) groups excluding carboxylic acids is 2. The Hall–Kier alpha value is -2.30. The van der Waals surface area contributed by atoms with Gasteiger partial charge in [0.05, 0.1) is 19.6 Å². The maximum atomic E-state index is 12.7. The Kier molecular flexibility index (Phi) is 5.55. The van der Waals surface area contributed by atoms with E-state index in [-0.39, 0.29) is 35.6 Å². The molecule has 5 heteroatoms. The first-order valence-electron chi connectivity index (χ1n) is 8.50. The van der Waals surface area contributed by atoms with E-state index in [2.05, 4.69) is 25.2 Å². The van der Waals surface area contributed by atoms with E-state index in [4.69, 9.17) is 4.74 Å². The van der Waals surface area contributed by atoms with Gasteiger partial charge in [-0.15, -0.1) is 0 Å². The molecule has 0 heterocycles. The molecule has 0 bridgehead atoms. The molecule has 0 spiro atoms. The Morgan fingerprint density at radius 1 is 1.24 bits per heavy atom. The lowest BCUT2D eigenvalue weighted by molar-refractivity contribution is -0.135. The van der Waals surface area contributed by atoms with E-state index in [1.807, 2.05) is 13.8 Å². The van der Waals surface area contributed by atoms with Crippen LogP contribution >= 0.6 is 0 Å². The van der Waals surface area contributed by atoms with Crippen molar-refractivity contribution in [2.75, 3.05) is 26.0 Å². The molecule has 1 N–H and O–H groups in total. The average molecular weight is 344 g/mol. The summed E-state index contributed by atoms with van der Waals surface area (Å²) in [6.07, 6.45) is 2.16. The van der Waals surface area contributed by atoms with Gasteiger partial charge in [0.2, 0.25) is 11.8 Å². The van der Waals surface area contributed by atoms with E-state index in [0.717, 1.165) is 5.75 Å². The van der Waals surface area contributed by atoms with Crippen LogP contribution in [0.15, 0.2) is 35.9 Å². The van der Waals surface area contributed by atoms with Crippen LogP contribution in [0.25, 0.3) is 0 Å². The summed E-state index contributed by atoms with van der Waals surface area (Å²) in [5.41, 5.74) is 1.85. The molecule has 2 rings (SSSR count). The van der Waals surface area contributed by atoms with Crippen LogP contribution in [0.2, 0.25) is 0 Å². The smallest absolute Gasteiger partial charge is 0.243 e. The third-order valence-electron chi connectivity index (χ3n) is 4.82. The van der Waals surface area contributed by atoms with Gasteiger partial charge in [-0.3, -0.25) is 9.59 Å². The second-order valence-electron chi connectivity index (χ2n) is 7.54. The van der Waals surface area contributed by atoms with Crippen molar-refractivity contribution in [2.45, 2.75) is 27.7 Å². The number of hydrogen-bond donors (Lipinski definition) is 1. The molecule has 0 aliphatic heterocycles. The van der Waals surface area contributed by atoms with Crippen LogP contribution in [0.5, 0.6) is 5.75 Å². The molecule has 1 aromatic carbocycles. The number of hydrogen-bond acceptors (Lipinski definition) is 3. The summed E-state index contributed by atoms with van der Waals surface area (Å²) in [6, 6.07) is 7.10. The molecule has 0 saturated heterocycles. The summed E-state index contributed by atoms with van der Waals surface area (Å²) >= 11 is 0. The second-order valence-corrected chi connectivity index (χ2v) is 7.54.